The largest absolute Gasteiger partial charge is 1.00 e. The van der Waals surface area contributed by atoms with E-state index in [1.54, 1.807) is 0 Å². The Morgan fingerprint density at radius 2 is 1.30 bits per heavy atom. The molecule has 9 fully saturated rings. The van der Waals surface area contributed by atoms with Crippen LogP contribution in [0.1, 0.15) is 80.1 Å². The van der Waals surface area contributed by atoms with Crippen LogP contribution in [0.4, 0.5) is 0 Å². The fraction of sp³-hybridized carbons (Fsp3) is 0.907. The zero-order valence-corrected chi connectivity index (χ0v) is 51.1. The van der Waals surface area contributed by atoms with Crippen LogP contribution in [0.3, 0.4) is 0 Å². The van der Waals surface area contributed by atoms with Crippen LogP contribution in [0, 0.1) is 39.4 Å². The molecule has 474 valence electrons. The van der Waals surface area contributed by atoms with E-state index in [-0.39, 0.29) is 71.4 Å². The van der Waals surface area contributed by atoms with Gasteiger partial charge in [0.25, 0.3) is 0 Å². The standard InChI is InChI=1S/C54H84O28S.Na/c1-20(2)31-25-15-53(7)23-9-10-29-51(4,5)30(12-13-52(29,6)22(23)11-14-54(31,53)50(66)76-25)77-48-43(34(60)28(19-72-48)82-83(67,68)69)81-49-44(80-46-36(62)35(61)32(58)26(16-55)74-46)37(63)40(21(3)73-49)78-47-39(65)42(33(59)27(17-56)75-47)79-45-38(64)41(70-8)24(57)18-71-45;/h9,21-22,24-49,55-65H,1,10-19H2,2-8H3,(H,67,68,69);/q;+1/p-1/t21-,22-,24-,25+,26-,27-,28-,29+,30+,31+,32-,33-,34+,35+,36-,37+,38-,39-,40-,41+,42+,43-,44-,45+,46+,47+,48+,49+,52-,53+,54-;/m1./s1. The minimum Gasteiger partial charge on any atom is -0.726 e. The summed E-state index contributed by atoms with van der Waals surface area (Å²) in [4.78, 5) is 13.8. The van der Waals surface area contributed by atoms with Crippen LogP contribution in [0.25, 0.3) is 0 Å². The molecule has 84 heavy (non-hydrogen) atoms. The van der Waals surface area contributed by atoms with Crippen LogP contribution < -0.4 is 29.6 Å². The molecule has 1 spiro atoms. The molecular formula is C54H83NaO28S. The van der Waals surface area contributed by atoms with E-state index in [1.165, 1.54) is 19.6 Å². The SMILES string of the molecule is C=C(C)[C@H]1[C@@H]2C[C@@]3(C)C4=CC[C@H]5C(C)(C)[C@@H](O[C@@H]6OC[C@@H](OS(=O)(=O)[O-])[C@H](O)[C@H]6O[C@@H]6O[C@H](C)[C@@H](O[C@@H]7O[C@H](CO)[C@@H](O)[C@H](O[C@@H]8OC[C@@H](O)[C@H](OC)[C@H]8O)[C@H]7O)[C@H](O)[C@H]6O[C@@H]6O[C@H](CO)[C@@H](O)[C@H](O)[C@H]6O)CC[C@]5(C)[C@@H]4CC[C@]13C(=O)O2.[Na+]. The number of carbonyl (C=O) groups is 1. The monoisotopic (exact) mass is 1230 g/mol. The van der Waals surface area contributed by atoms with Crippen LogP contribution in [-0.2, 0) is 76.2 Å². The Balaban J connectivity index is 0.00000846. The van der Waals surface area contributed by atoms with E-state index < -0.39 is 194 Å². The first-order valence-corrected chi connectivity index (χ1v) is 29.9. The van der Waals surface area contributed by atoms with E-state index in [2.05, 4.69) is 40.3 Å². The predicted octanol–water partition coefficient (Wildman–Crippen LogP) is -6.39. The molecule has 2 bridgehead atoms. The quantitative estimate of drug-likeness (QED) is 0.0225. The van der Waals surface area contributed by atoms with Gasteiger partial charge in [-0.05, 0) is 75.0 Å². The maximum atomic E-state index is 13.8. The Morgan fingerprint density at radius 1 is 0.702 bits per heavy atom. The first-order chi connectivity index (χ1) is 39.0. The van der Waals surface area contributed by atoms with Crippen molar-refractivity contribution < 1.29 is 165 Å². The molecule has 0 aromatic carbocycles. The Hall–Kier alpha value is -1.06. The van der Waals surface area contributed by atoms with Gasteiger partial charge in [-0.3, -0.25) is 8.98 Å². The van der Waals surface area contributed by atoms with Gasteiger partial charge in [0.1, 0.15) is 110 Å². The topological polar surface area (TPSA) is 417 Å². The van der Waals surface area contributed by atoms with Crippen molar-refractivity contribution in [1.29, 1.82) is 0 Å². The van der Waals surface area contributed by atoms with Crippen molar-refractivity contribution >= 4 is 16.4 Å². The maximum Gasteiger partial charge on any atom is 1.00 e. The zero-order valence-electron chi connectivity index (χ0n) is 48.3. The van der Waals surface area contributed by atoms with E-state index in [1.807, 2.05) is 6.92 Å². The molecule has 6 saturated heterocycles. The molecule has 11 N–H and O–H groups in total. The third kappa shape index (κ3) is 11.4. The van der Waals surface area contributed by atoms with Crippen molar-refractivity contribution in [3.63, 3.8) is 0 Å². The number of hydrogen-bond donors (Lipinski definition) is 11. The van der Waals surface area contributed by atoms with E-state index in [4.69, 9.17) is 61.0 Å². The molecule has 31 atom stereocenters. The number of fused-ring (bicyclic) bond motifs is 5. The normalized spacial score (nSPS) is 51.8. The molecular weight excluding hydrogens is 1150 g/mol. The molecule has 6 aliphatic heterocycles. The van der Waals surface area contributed by atoms with E-state index in [9.17, 15) is 73.9 Å². The first kappa shape index (κ1) is 67.3. The third-order valence-electron chi connectivity index (χ3n) is 20.6. The summed E-state index contributed by atoms with van der Waals surface area (Å²) >= 11 is 0. The van der Waals surface area contributed by atoms with Gasteiger partial charge in [0.2, 0.25) is 10.4 Å². The van der Waals surface area contributed by atoms with Gasteiger partial charge in [0.15, 0.2) is 31.5 Å². The molecule has 0 aromatic heterocycles. The Labute approximate surface area is 508 Å². The van der Waals surface area contributed by atoms with Gasteiger partial charge < -0.3 is 118 Å². The second-order valence-corrected chi connectivity index (χ2v) is 26.5. The van der Waals surface area contributed by atoms with Gasteiger partial charge in [-0.25, -0.2) is 8.42 Å². The third-order valence-corrected chi connectivity index (χ3v) is 21.0. The molecule has 10 rings (SSSR count). The van der Waals surface area contributed by atoms with E-state index in [0.29, 0.717) is 32.1 Å². The molecule has 30 heteroatoms. The summed E-state index contributed by atoms with van der Waals surface area (Å²) in [5.41, 5.74) is 0.134. The fourth-order valence-electron chi connectivity index (χ4n) is 16.4. The van der Waals surface area contributed by atoms with Crippen molar-refractivity contribution in [2.75, 3.05) is 33.5 Å². The van der Waals surface area contributed by atoms with E-state index >= 15 is 0 Å². The summed E-state index contributed by atoms with van der Waals surface area (Å²) in [6.45, 7) is 13.4. The zero-order chi connectivity index (χ0) is 60.4. The van der Waals surface area contributed by atoms with Crippen molar-refractivity contribution in [2.45, 2.75) is 234 Å². The van der Waals surface area contributed by atoms with Crippen LogP contribution in [0.15, 0.2) is 23.8 Å². The van der Waals surface area contributed by atoms with Gasteiger partial charge >= 0.3 is 35.5 Å². The summed E-state index contributed by atoms with van der Waals surface area (Å²) in [5.74, 6) is -0.141. The number of aliphatic hydroxyl groups excluding tert-OH is 11. The number of rotatable bonds is 16. The van der Waals surface area contributed by atoms with Crippen LogP contribution >= 0.6 is 0 Å². The molecule has 3 saturated carbocycles. The molecule has 0 amide bonds. The Kier molecular flexibility index (Phi) is 20.2. The number of carbonyl (C=O) groups excluding carboxylic acids is 1. The maximum absolute atomic E-state index is 13.8. The molecule has 4 aliphatic carbocycles. The van der Waals surface area contributed by atoms with Crippen molar-refractivity contribution in [3.8, 4) is 0 Å². The molecule has 0 unspecified atom stereocenters. The van der Waals surface area contributed by atoms with Gasteiger partial charge in [-0.15, -0.1) is 0 Å². The van der Waals surface area contributed by atoms with Gasteiger partial charge in [0.05, 0.1) is 44.1 Å². The average Bonchev–Trinajstić information content (AvgIpc) is 1.55. The Morgan fingerprint density at radius 3 is 1.94 bits per heavy atom. The Bertz CT molecular complexity index is 2490. The summed E-state index contributed by atoms with van der Waals surface area (Å²) < 4.78 is 113. The molecule has 0 aromatic rings. The number of methoxy groups -OCH3 is 1. The second-order valence-electron chi connectivity index (χ2n) is 25.5. The summed E-state index contributed by atoms with van der Waals surface area (Å²) in [6.07, 6.45) is -35.7. The van der Waals surface area contributed by atoms with Crippen molar-refractivity contribution in [1.82, 2.24) is 0 Å². The second kappa shape index (κ2) is 25.2. The predicted molar refractivity (Wildman–Crippen MR) is 272 cm³/mol. The number of aliphatic hydroxyl groups is 11. The minimum atomic E-state index is -5.51. The fourth-order valence-corrected chi connectivity index (χ4v) is 16.9. The number of esters is 1. The van der Waals surface area contributed by atoms with E-state index in [0.717, 1.165) is 12.0 Å². The van der Waals surface area contributed by atoms with Crippen LogP contribution in [0.5, 0.6) is 0 Å². The minimum absolute atomic E-state index is 0. The number of hydrogen-bond acceptors (Lipinski definition) is 28. The molecule has 6 heterocycles. The molecule has 10 aliphatic rings. The molecule has 0 radical (unpaired) electrons. The smallest absolute Gasteiger partial charge is 0.726 e. The number of ether oxygens (including phenoxy) is 12. The number of allylic oxidation sites excluding steroid dienone is 2. The average molecular weight is 1240 g/mol. The van der Waals surface area contributed by atoms with Crippen molar-refractivity contribution in [2.24, 2.45) is 39.4 Å². The van der Waals surface area contributed by atoms with Crippen LogP contribution in [-0.4, -0.2) is 262 Å². The van der Waals surface area contributed by atoms with Crippen LogP contribution in [0.2, 0.25) is 0 Å². The summed E-state index contributed by atoms with van der Waals surface area (Å²) in [7, 11) is -4.29. The first-order valence-electron chi connectivity index (χ1n) is 28.5. The van der Waals surface area contributed by atoms with Gasteiger partial charge in [-0.2, -0.15) is 0 Å². The van der Waals surface area contributed by atoms with Gasteiger partial charge in [-0.1, -0.05) is 51.5 Å². The summed E-state index contributed by atoms with van der Waals surface area (Å²) in [5, 5.41) is 122. The van der Waals surface area contributed by atoms with Gasteiger partial charge in [0, 0.05) is 18.4 Å². The molecule has 28 nitrogen and oxygen atoms in total. The summed E-state index contributed by atoms with van der Waals surface area (Å²) in [6, 6.07) is 0. The van der Waals surface area contributed by atoms with Crippen molar-refractivity contribution in [3.05, 3.63) is 23.8 Å².